The second-order valence-electron chi connectivity index (χ2n) is 5.08. The van der Waals surface area contributed by atoms with Crippen molar-refractivity contribution in [3.05, 3.63) is 29.8 Å². The van der Waals surface area contributed by atoms with Gasteiger partial charge in [-0.3, -0.25) is 4.79 Å². The van der Waals surface area contributed by atoms with E-state index in [4.69, 9.17) is 11.5 Å². The number of carbonyl (C=O) groups excluding carboxylic acids is 2. The van der Waals surface area contributed by atoms with Crippen molar-refractivity contribution in [3.63, 3.8) is 0 Å². The summed E-state index contributed by atoms with van der Waals surface area (Å²) in [6.45, 7) is 0.591. The topological polar surface area (TPSA) is 110 Å². The molecule has 2 unspecified atom stereocenters. The quantitative estimate of drug-likeness (QED) is 0.659. The summed E-state index contributed by atoms with van der Waals surface area (Å²) in [5.41, 5.74) is 11.8. The lowest BCUT2D eigenvalue weighted by atomic mass is 10.0. The maximum Gasteiger partial charge on any atom is 0.316 e. The second-order valence-corrected chi connectivity index (χ2v) is 5.08. The van der Waals surface area contributed by atoms with Crippen LogP contribution in [0.2, 0.25) is 0 Å². The van der Waals surface area contributed by atoms with E-state index in [-0.39, 0.29) is 11.9 Å². The standard InChI is InChI=1S/C14H20N4O2/c15-8-10-4-2-6-12(10)18-13(19)9-3-1-5-11(7-9)17-14(16)20/h1,3,5,7,10,12H,2,4,6,8,15H2,(H,18,19)(H3,16,17,20). The van der Waals surface area contributed by atoms with Crippen LogP contribution in [0.1, 0.15) is 29.6 Å². The van der Waals surface area contributed by atoms with Gasteiger partial charge in [-0.2, -0.15) is 0 Å². The van der Waals surface area contributed by atoms with Crippen LogP contribution < -0.4 is 22.1 Å². The molecule has 1 aliphatic carbocycles. The molecule has 3 amide bonds. The molecule has 0 bridgehead atoms. The number of primary amides is 1. The van der Waals surface area contributed by atoms with Crippen LogP contribution in [-0.2, 0) is 0 Å². The summed E-state index contributed by atoms with van der Waals surface area (Å²) in [6.07, 6.45) is 3.12. The summed E-state index contributed by atoms with van der Waals surface area (Å²) in [4.78, 5) is 23.0. The first kappa shape index (κ1) is 14.3. The maximum absolute atomic E-state index is 12.2. The number of hydrogen-bond donors (Lipinski definition) is 4. The minimum Gasteiger partial charge on any atom is -0.351 e. The summed E-state index contributed by atoms with van der Waals surface area (Å²) in [5.74, 6) is 0.203. The molecule has 0 radical (unpaired) electrons. The molecule has 6 nitrogen and oxygen atoms in total. The Morgan fingerprint density at radius 2 is 2.10 bits per heavy atom. The highest BCUT2D eigenvalue weighted by atomic mass is 16.2. The van der Waals surface area contributed by atoms with Gasteiger partial charge in [0.15, 0.2) is 0 Å². The zero-order valence-electron chi connectivity index (χ0n) is 11.3. The summed E-state index contributed by atoms with van der Waals surface area (Å²) in [7, 11) is 0. The molecule has 6 heteroatoms. The van der Waals surface area contributed by atoms with Gasteiger partial charge >= 0.3 is 6.03 Å². The van der Waals surface area contributed by atoms with Gasteiger partial charge in [-0.05, 0) is 43.5 Å². The van der Waals surface area contributed by atoms with Crippen LogP contribution in [-0.4, -0.2) is 24.5 Å². The smallest absolute Gasteiger partial charge is 0.316 e. The Labute approximate surface area is 117 Å². The van der Waals surface area contributed by atoms with Gasteiger partial charge in [0, 0.05) is 17.3 Å². The van der Waals surface area contributed by atoms with E-state index in [9.17, 15) is 9.59 Å². The second kappa shape index (κ2) is 6.38. The predicted molar refractivity (Wildman–Crippen MR) is 77.3 cm³/mol. The molecule has 2 atom stereocenters. The normalized spacial score (nSPS) is 21.4. The Morgan fingerprint density at radius 3 is 2.80 bits per heavy atom. The number of carbonyl (C=O) groups is 2. The molecule has 108 valence electrons. The van der Waals surface area contributed by atoms with Crippen LogP contribution in [0.3, 0.4) is 0 Å². The van der Waals surface area contributed by atoms with E-state index in [2.05, 4.69) is 10.6 Å². The largest absolute Gasteiger partial charge is 0.351 e. The number of nitrogens with one attached hydrogen (secondary N) is 2. The van der Waals surface area contributed by atoms with E-state index in [0.717, 1.165) is 19.3 Å². The van der Waals surface area contributed by atoms with Crippen molar-refractivity contribution >= 4 is 17.6 Å². The SMILES string of the molecule is NCC1CCCC1NC(=O)c1cccc(NC(N)=O)c1. The molecule has 2 rings (SSSR count). The molecular weight excluding hydrogens is 256 g/mol. The van der Waals surface area contributed by atoms with Gasteiger partial charge < -0.3 is 22.1 Å². The number of benzene rings is 1. The Bertz CT molecular complexity index is 504. The minimum atomic E-state index is -0.651. The molecule has 1 saturated carbocycles. The van der Waals surface area contributed by atoms with Crippen LogP contribution in [0.4, 0.5) is 10.5 Å². The highest BCUT2D eigenvalue weighted by molar-refractivity contribution is 5.96. The molecule has 6 N–H and O–H groups in total. The Hall–Kier alpha value is -2.08. The van der Waals surface area contributed by atoms with E-state index in [1.165, 1.54) is 0 Å². The molecule has 1 aliphatic rings. The van der Waals surface area contributed by atoms with Gasteiger partial charge in [0.05, 0.1) is 0 Å². The molecule has 20 heavy (non-hydrogen) atoms. The maximum atomic E-state index is 12.2. The lowest BCUT2D eigenvalue weighted by Gasteiger charge is -2.19. The van der Waals surface area contributed by atoms with Crippen molar-refractivity contribution in [2.45, 2.75) is 25.3 Å². The highest BCUT2D eigenvalue weighted by Gasteiger charge is 2.27. The molecular formula is C14H20N4O2. The van der Waals surface area contributed by atoms with Gasteiger partial charge in [-0.1, -0.05) is 12.5 Å². The fourth-order valence-corrected chi connectivity index (χ4v) is 2.64. The van der Waals surface area contributed by atoms with Crippen LogP contribution in [0.5, 0.6) is 0 Å². The van der Waals surface area contributed by atoms with Crippen molar-refractivity contribution in [1.82, 2.24) is 5.32 Å². The molecule has 1 aromatic rings. The van der Waals surface area contributed by atoms with E-state index < -0.39 is 6.03 Å². The lowest BCUT2D eigenvalue weighted by Crippen LogP contribution is -2.39. The van der Waals surface area contributed by atoms with Crippen molar-refractivity contribution in [2.75, 3.05) is 11.9 Å². The van der Waals surface area contributed by atoms with Crippen LogP contribution in [0, 0.1) is 5.92 Å². The van der Waals surface area contributed by atoms with Gasteiger partial charge in [0.2, 0.25) is 0 Å². The van der Waals surface area contributed by atoms with Gasteiger partial charge in [0.25, 0.3) is 5.91 Å². The van der Waals surface area contributed by atoms with E-state index >= 15 is 0 Å². The van der Waals surface area contributed by atoms with Gasteiger partial charge in [-0.25, -0.2) is 4.79 Å². The summed E-state index contributed by atoms with van der Waals surface area (Å²) in [5, 5.41) is 5.47. The minimum absolute atomic E-state index is 0.139. The number of rotatable bonds is 4. The van der Waals surface area contributed by atoms with Crippen LogP contribution in [0.25, 0.3) is 0 Å². The Balaban J connectivity index is 2.03. The molecule has 0 aromatic heterocycles. The van der Waals surface area contributed by atoms with Crippen molar-refractivity contribution in [1.29, 1.82) is 0 Å². The van der Waals surface area contributed by atoms with E-state index in [1.807, 2.05) is 0 Å². The number of amides is 3. The molecule has 1 aromatic carbocycles. The predicted octanol–water partition coefficient (Wildman–Crippen LogP) is 1.03. The molecule has 1 fully saturated rings. The molecule has 0 spiro atoms. The Kier molecular flexibility index (Phi) is 4.57. The average Bonchev–Trinajstić information content (AvgIpc) is 2.85. The van der Waals surface area contributed by atoms with Gasteiger partial charge in [-0.15, -0.1) is 0 Å². The van der Waals surface area contributed by atoms with Gasteiger partial charge in [0.1, 0.15) is 0 Å². The monoisotopic (exact) mass is 276 g/mol. The average molecular weight is 276 g/mol. The summed E-state index contributed by atoms with van der Waals surface area (Å²) < 4.78 is 0. The lowest BCUT2D eigenvalue weighted by molar-refractivity contribution is 0.0929. The summed E-state index contributed by atoms with van der Waals surface area (Å²) in [6, 6.07) is 6.18. The third-order valence-electron chi connectivity index (χ3n) is 3.67. The zero-order chi connectivity index (χ0) is 14.5. The third-order valence-corrected chi connectivity index (χ3v) is 3.67. The van der Waals surface area contributed by atoms with E-state index in [0.29, 0.717) is 23.7 Å². The molecule has 0 aliphatic heterocycles. The van der Waals surface area contributed by atoms with E-state index in [1.54, 1.807) is 24.3 Å². The third kappa shape index (κ3) is 3.48. The van der Waals surface area contributed by atoms with Crippen molar-refractivity contribution in [2.24, 2.45) is 17.4 Å². The first-order valence-corrected chi connectivity index (χ1v) is 6.77. The Morgan fingerprint density at radius 1 is 1.30 bits per heavy atom. The fraction of sp³-hybridized carbons (Fsp3) is 0.429. The molecule has 0 heterocycles. The number of anilines is 1. The zero-order valence-corrected chi connectivity index (χ0v) is 11.3. The number of urea groups is 1. The van der Waals surface area contributed by atoms with Crippen LogP contribution in [0.15, 0.2) is 24.3 Å². The number of hydrogen-bond acceptors (Lipinski definition) is 3. The first-order valence-electron chi connectivity index (χ1n) is 6.77. The van der Waals surface area contributed by atoms with Crippen molar-refractivity contribution in [3.8, 4) is 0 Å². The first-order chi connectivity index (χ1) is 9.60. The fourth-order valence-electron chi connectivity index (χ4n) is 2.64. The number of nitrogens with two attached hydrogens (primary N) is 2. The summed E-state index contributed by atoms with van der Waals surface area (Å²) >= 11 is 0. The van der Waals surface area contributed by atoms with Crippen LogP contribution >= 0.6 is 0 Å². The molecule has 0 saturated heterocycles. The van der Waals surface area contributed by atoms with Crippen molar-refractivity contribution < 1.29 is 9.59 Å². The highest BCUT2D eigenvalue weighted by Crippen LogP contribution is 2.25.